The van der Waals surface area contributed by atoms with Crippen molar-refractivity contribution in [2.24, 2.45) is 0 Å². The second-order valence-corrected chi connectivity index (χ2v) is 5.74. The molecule has 0 aliphatic heterocycles. The number of hydrogen-bond acceptors (Lipinski definition) is 3. The molecule has 1 aliphatic rings. The maximum Gasteiger partial charge on any atom is 0.141 e. The monoisotopic (exact) mass is 289 g/mol. The van der Waals surface area contributed by atoms with Crippen molar-refractivity contribution < 1.29 is 9.50 Å². The van der Waals surface area contributed by atoms with Gasteiger partial charge in [-0.3, -0.25) is 9.67 Å². The molecule has 21 heavy (non-hydrogen) atoms. The van der Waals surface area contributed by atoms with E-state index in [0.29, 0.717) is 18.0 Å². The van der Waals surface area contributed by atoms with E-state index in [1.165, 1.54) is 44.4 Å². The summed E-state index contributed by atoms with van der Waals surface area (Å²) in [5, 5.41) is 14.7. The van der Waals surface area contributed by atoms with E-state index in [0.717, 1.165) is 11.9 Å². The third kappa shape index (κ3) is 3.47. The van der Waals surface area contributed by atoms with Crippen molar-refractivity contribution in [1.82, 2.24) is 14.8 Å². The van der Waals surface area contributed by atoms with Crippen LogP contribution in [0.15, 0.2) is 30.7 Å². The first-order valence-corrected chi connectivity index (χ1v) is 7.55. The number of hydrogen-bond donors (Lipinski definition) is 1. The van der Waals surface area contributed by atoms with Crippen LogP contribution >= 0.6 is 0 Å². The third-order valence-electron chi connectivity index (χ3n) is 4.13. The van der Waals surface area contributed by atoms with Crippen LogP contribution in [0.1, 0.15) is 55.5 Å². The van der Waals surface area contributed by atoms with Crippen molar-refractivity contribution in [3.8, 4) is 0 Å². The molecule has 0 radical (unpaired) electrons. The summed E-state index contributed by atoms with van der Waals surface area (Å²) >= 11 is 0. The number of halogens is 1. The molecule has 2 aromatic rings. The van der Waals surface area contributed by atoms with E-state index in [-0.39, 0.29) is 0 Å². The summed E-state index contributed by atoms with van der Waals surface area (Å²) < 4.78 is 15.1. The first kappa shape index (κ1) is 14.2. The van der Waals surface area contributed by atoms with E-state index in [4.69, 9.17) is 0 Å². The fourth-order valence-electron chi connectivity index (χ4n) is 2.96. The molecule has 0 saturated heterocycles. The summed E-state index contributed by atoms with van der Waals surface area (Å²) in [5.41, 5.74) is 1.32. The second-order valence-electron chi connectivity index (χ2n) is 5.74. The largest absolute Gasteiger partial charge is 0.388 e. The van der Waals surface area contributed by atoms with Gasteiger partial charge in [0.15, 0.2) is 0 Å². The Morgan fingerprint density at radius 3 is 2.86 bits per heavy atom. The van der Waals surface area contributed by atoms with Crippen molar-refractivity contribution in [2.75, 3.05) is 0 Å². The number of rotatable bonds is 4. The minimum atomic E-state index is -0.775. The number of aliphatic hydroxyl groups is 1. The summed E-state index contributed by atoms with van der Waals surface area (Å²) in [6, 6.07) is 3.74. The molecule has 2 aromatic heterocycles. The van der Waals surface area contributed by atoms with Gasteiger partial charge >= 0.3 is 0 Å². The molecule has 0 aromatic carbocycles. The van der Waals surface area contributed by atoms with E-state index >= 15 is 0 Å². The zero-order chi connectivity index (χ0) is 14.7. The molecule has 3 rings (SSSR count). The van der Waals surface area contributed by atoms with Crippen LogP contribution in [0.3, 0.4) is 0 Å². The quantitative estimate of drug-likeness (QED) is 0.940. The lowest BCUT2D eigenvalue weighted by atomic mass is 9.96. The highest BCUT2D eigenvalue weighted by atomic mass is 19.1. The van der Waals surface area contributed by atoms with Crippen LogP contribution in [0.2, 0.25) is 0 Å². The number of nitrogens with zero attached hydrogens (tertiary/aromatic N) is 3. The Morgan fingerprint density at radius 2 is 2.10 bits per heavy atom. The summed E-state index contributed by atoms with van der Waals surface area (Å²) in [6.07, 6.45) is 10.4. The van der Waals surface area contributed by atoms with Gasteiger partial charge in [-0.2, -0.15) is 5.10 Å². The van der Waals surface area contributed by atoms with E-state index in [9.17, 15) is 9.50 Å². The van der Waals surface area contributed by atoms with Gasteiger partial charge in [-0.15, -0.1) is 0 Å². The molecule has 0 amide bonds. The van der Waals surface area contributed by atoms with Gasteiger partial charge in [-0.1, -0.05) is 19.3 Å². The Balaban J connectivity index is 1.66. The van der Waals surface area contributed by atoms with Crippen molar-refractivity contribution in [3.63, 3.8) is 0 Å². The van der Waals surface area contributed by atoms with Crippen LogP contribution in [0.5, 0.6) is 0 Å². The lowest BCUT2D eigenvalue weighted by Gasteiger charge is -2.21. The van der Waals surface area contributed by atoms with E-state index in [1.54, 1.807) is 0 Å². The van der Waals surface area contributed by atoms with Crippen LogP contribution in [-0.2, 0) is 6.42 Å². The molecule has 1 N–H and O–H groups in total. The van der Waals surface area contributed by atoms with Crippen LogP contribution in [0, 0.1) is 5.82 Å². The zero-order valence-corrected chi connectivity index (χ0v) is 12.0. The Labute approximate surface area is 123 Å². The van der Waals surface area contributed by atoms with E-state index < -0.39 is 11.9 Å². The van der Waals surface area contributed by atoms with Gasteiger partial charge < -0.3 is 5.11 Å². The van der Waals surface area contributed by atoms with Crippen molar-refractivity contribution in [1.29, 1.82) is 0 Å². The highest BCUT2D eigenvalue weighted by Crippen LogP contribution is 2.28. The molecule has 1 unspecified atom stereocenters. The zero-order valence-electron chi connectivity index (χ0n) is 12.0. The van der Waals surface area contributed by atoms with E-state index in [2.05, 4.69) is 10.1 Å². The molecule has 1 aliphatic carbocycles. The predicted molar refractivity (Wildman–Crippen MR) is 77.2 cm³/mol. The molecule has 2 heterocycles. The van der Waals surface area contributed by atoms with Gasteiger partial charge in [-0.05, 0) is 25.0 Å². The molecule has 0 spiro atoms. The molecule has 5 heteroatoms. The molecule has 1 fully saturated rings. The third-order valence-corrected chi connectivity index (χ3v) is 4.13. The van der Waals surface area contributed by atoms with Crippen molar-refractivity contribution in [2.45, 2.75) is 50.7 Å². The predicted octanol–water partition coefficient (Wildman–Crippen LogP) is 3.20. The van der Waals surface area contributed by atoms with Gasteiger partial charge in [0.05, 0.1) is 24.0 Å². The normalized spacial score (nSPS) is 17.8. The summed E-state index contributed by atoms with van der Waals surface area (Å²) in [7, 11) is 0. The van der Waals surface area contributed by atoms with Gasteiger partial charge in [-0.25, -0.2) is 4.39 Å². The van der Waals surface area contributed by atoms with Crippen molar-refractivity contribution in [3.05, 3.63) is 47.8 Å². The van der Waals surface area contributed by atoms with Crippen molar-refractivity contribution >= 4 is 0 Å². The Kier molecular flexibility index (Phi) is 4.29. The van der Waals surface area contributed by atoms with Gasteiger partial charge in [0.1, 0.15) is 5.82 Å². The minimum Gasteiger partial charge on any atom is -0.388 e. The Hall–Kier alpha value is -1.75. The summed E-state index contributed by atoms with van der Waals surface area (Å²) in [6.45, 7) is 0. The fourth-order valence-corrected chi connectivity index (χ4v) is 2.96. The van der Waals surface area contributed by atoms with Gasteiger partial charge in [0.2, 0.25) is 0 Å². The molecule has 1 atom stereocenters. The SMILES string of the molecule is OC(Cc1ccn(C2CCCCC2)n1)c1cncc(F)c1. The maximum absolute atomic E-state index is 13.1. The summed E-state index contributed by atoms with van der Waals surface area (Å²) in [4.78, 5) is 3.76. The second kappa shape index (κ2) is 6.35. The molecular formula is C16H20FN3O. The highest BCUT2D eigenvalue weighted by Gasteiger charge is 2.17. The first-order valence-electron chi connectivity index (χ1n) is 7.55. The molecule has 1 saturated carbocycles. The molecule has 4 nitrogen and oxygen atoms in total. The number of pyridine rings is 1. The van der Waals surface area contributed by atoms with Crippen LogP contribution in [0.4, 0.5) is 4.39 Å². The van der Waals surface area contributed by atoms with Gasteiger partial charge in [0.25, 0.3) is 0 Å². The topological polar surface area (TPSA) is 50.9 Å². The van der Waals surface area contributed by atoms with Crippen LogP contribution in [0.25, 0.3) is 0 Å². The standard InChI is InChI=1S/C16H20FN3O/c17-13-8-12(10-18-11-13)16(21)9-14-6-7-20(19-14)15-4-2-1-3-5-15/h6-8,10-11,15-16,21H,1-5,9H2. The Morgan fingerprint density at radius 1 is 1.29 bits per heavy atom. The highest BCUT2D eigenvalue weighted by molar-refractivity contribution is 5.16. The maximum atomic E-state index is 13.1. The number of aromatic nitrogens is 3. The van der Waals surface area contributed by atoms with Crippen LogP contribution < -0.4 is 0 Å². The fraction of sp³-hybridized carbons (Fsp3) is 0.500. The average Bonchev–Trinajstić information content (AvgIpc) is 2.97. The molecule has 0 bridgehead atoms. The van der Waals surface area contributed by atoms with Crippen LogP contribution in [-0.4, -0.2) is 19.9 Å². The average molecular weight is 289 g/mol. The first-order chi connectivity index (χ1) is 10.2. The number of aliphatic hydroxyl groups excluding tert-OH is 1. The minimum absolute atomic E-state index is 0.380. The lowest BCUT2D eigenvalue weighted by Crippen LogP contribution is -2.13. The molecular weight excluding hydrogens is 269 g/mol. The molecule has 112 valence electrons. The smallest absolute Gasteiger partial charge is 0.141 e. The van der Waals surface area contributed by atoms with Gasteiger partial charge in [0, 0.05) is 24.4 Å². The lowest BCUT2D eigenvalue weighted by molar-refractivity contribution is 0.175. The Bertz CT molecular complexity index is 593. The summed E-state index contributed by atoms with van der Waals surface area (Å²) in [5.74, 6) is -0.431. The van der Waals surface area contributed by atoms with E-state index in [1.807, 2.05) is 16.9 Å².